The van der Waals surface area contributed by atoms with Crippen molar-refractivity contribution < 1.29 is 14.3 Å². The molecule has 100 valence electrons. The minimum atomic E-state index is -0.957. The summed E-state index contributed by atoms with van der Waals surface area (Å²) in [7, 11) is 1.99. The smallest absolute Gasteiger partial charge is 0.338 e. The van der Waals surface area contributed by atoms with Crippen molar-refractivity contribution in [3.05, 3.63) is 59.5 Å². The second-order valence-corrected chi connectivity index (χ2v) is 4.58. The molecule has 1 aromatic heterocycles. The highest BCUT2D eigenvalue weighted by Gasteiger charge is 2.09. The highest BCUT2D eigenvalue weighted by atomic mass is 16.4. The average molecular weight is 259 g/mol. The van der Waals surface area contributed by atoms with E-state index < -0.39 is 5.97 Å². The molecule has 0 aliphatic heterocycles. The molecule has 1 aromatic carbocycles. The van der Waals surface area contributed by atoms with Crippen LogP contribution in [0.15, 0.2) is 47.1 Å². The van der Waals surface area contributed by atoms with Crippen LogP contribution in [0.1, 0.15) is 21.7 Å². The lowest BCUT2D eigenvalue weighted by molar-refractivity contribution is 0.0696. The van der Waals surface area contributed by atoms with Gasteiger partial charge in [0.2, 0.25) is 0 Å². The van der Waals surface area contributed by atoms with Gasteiger partial charge >= 0.3 is 5.97 Å². The second-order valence-electron chi connectivity index (χ2n) is 4.58. The first kappa shape index (κ1) is 13.4. The number of furan rings is 1. The van der Waals surface area contributed by atoms with E-state index in [4.69, 9.17) is 9.52 Å². The van der Waals surface area contributed by atoms with Crippen molar-refractivity contribution in [1.82, 2.24) is 4.90 Å². The molecule has 0 unspecified atom stereocenters. The maximum Gasteiger partial charge on any atom is 0.338 e. The Balaban J connectivity index is 1.83. The molecular formula is C15H17NO3. The van der Waals surface area contributed by atoms with Gasteiger partial charge in [-0.15, -0.1) is 0 Å². The second kappa shape index (κ2) is 6.20. The van der Waals surface area contributed by atoms with E-state index in [-0.39, 0.29) is 5.56 Å². The van der Waals surface area contributed by atoms with Crippen molar-refractivity contribution in [3.8, 4) is 0 Å². The number of carboxylic acids is 1. The molecule has 0 spiro atoms. The molecule has 4 nitrogen and oxygen atoms in total. The van der Waals surface area contributed by atoms with E-state index >= 15 is 0 Å². The number of likely N-dealkylation sites (N-methyl/N-ethyl adjacent to an activating group) is 1. The van der Waals surface area contributed by atoms with Crippen LogP contribution >= 0.6 is 0 Å². The fourth-order valence-corrected chi connectivity index (χ4v) is 1.89. The van der Waals surface area contributed by atoms with Gasteiger partial charge in [0, 0.05) is 6.54 Å². The number of carboxylic acid groups (broad SMARTS) is 1. The van der Waals surface area contributed by atoms with Crippen LogP contribution in [-0.2, 0) is 13.0 Å². The predicted octanol–water partition coefficient (Wildman–Crippen LogP) is 2.65. The summed E-state index contributed by atoms with van der Waals surface area (Å²) in [6.07, 6.45) is 2.24. The largest absolute Gasteiger partial charge is 0.478 e. The van der Waals surface area contributed by atoms with Crippen LogP contribution in [-0.4, -0.2) is 29.6 Å². The van der Waals surface area contributed by atoms with E-state index in [0.717, 1.165) is 13.0 Å². The summed E-state index contributed by atoms with van der Waals surface area (Å²) in [6, 6.07) is 11.8. The molecule has 0 aliphatic rings. The van der Waals surface area contributed by atoms with Gasteiger partial charge in [-0.25, -0.2) is 4.79 Å². The molecule has 0 aliphatic carbocycles. The lowest BCUT2D eigenvalue weighted by Gasteiger charge is -2.14. The molecular weight excluding hydrogens is 242 g/mol. The Hall–Kier alpha value is -2.07. The van der Waals surface area contributed by atoms with E-state index in [9.17, 15) is 4.79 Å². The van der Waals surface area contributed by atoms with Gasteiger partial charge in [-0.05, 0) is 25.1 Å². The molecule has 0 atom stereocenters. The summed E-state index contributed by atoms with van der Waals surface area (Å²) >= 11 is 0. The molecule has 2 aromatic rings. The molecule has 4 heteroatoms. The summed E-state index contributed by atoms with van der Waals surface area (Å²) in [5, 5.41) is 8.81. The summed E-state index contributed by atoms with van der Waals surface area (Å²) in [4.78, 5) is 12.8. The zero-order valence-corrected chi connectivity index (χ0v) is 10.9. The highest BCUT2D eigenvalue weighted by molar-refractivity contribution is 5.87. The maximum absolute atomic E-state index is 10.7. The van der Waals surface area contributed by atoms with Crippen molar-refractivity contribution in [2.45, 2.75) is 13.0 Å². The fraction of sp³-hybridized carbons (Fsp3) is 0.267. The van der Waals surface area contributed by atoms with Crippen LogP contribution in [0.4, 0.5) is 0 Å². The van der Waals surface area contributed by atoms with Crippen LogP contribution in [0.5, 0.6) is 0 Å². The van der Waals surface area contributed by atoms with Gasteiger partial charge in [-0.2, -0.15) is 0 Å². The molecule has 0 amide bonds. The third kappa shape index (κ3) is 3.96. The quantitative estimate of drug-likeness (QED) is 0.866. The van der Waals surface area contributed by atoms with Crippen molar-refractivity contribution in [2.75, 3.05) is 13.6 Å². The number of aromatic carboxylic acids is 1. The average Bonchev–Trinajstić information content (AvgIpc) is 2.86. The Morgan fingerprint density at radius 2 is 2.05 bits per heavy atom. The standard InChI is InChI=1S/C15H17NO3/c1-16(8-7-12-5-3-2-4-6-12)10-14-9-13(11-19-14)15(17)18/h2-6,9,11H,7-8,10H2,1H3,(H,17,18). The molecule has 0 saturated carbocycles. The summed E-state index contributed by atoms with van der Waals surface area (Å²) in [5.74, 6) is -0.282. The van der Waals surface area contributed by atoms with E-state index in [1.54, 1.807) is 6.07 Å². The van der Waals surface area contributed by atoms with Gasteiger partial charge in [-0.3, -0.25) is 4.90 Å². The third-order valence-corrected chi connectivity index (χ3v) is 2.95. The van der Waals surface area contributed by atoms with Gasteiger partial charge in [0.15, 0.2) is 0 Å². The Morgan fingerprint density at radius 1 is 1.32 bits per heavy atom. The number of hydrogen-bond acceptors (Lipinski definition) is 3. The number of carbonyl (C=O) groups is 1. The molecule has 19 heavy (non-hydrogen) atoms. The van der Waals surface area contributed by atoms with Crippen molar-refractivity contribution in [2.24, 2.45) is 0 Å². The number of benzene rings is 1. The van der Waals surface area contributed by atoms with E-state index in [2.05, 4.69) is 17.0 Å². The molecule has 1 N–H and O–H groups in total. The normalized spacial score (nSPS) is 10.8. The maximum atomic E-state index is 10.7. The lowest BCUT2D eigenvalue weighted by Crippen LogP contribution is -2.20. The van der Waals surface area contributed by atoms with Crippen LogP contribution in [0.25, 0.3) is 0 Å². The monoisotopic (exact) mass is 259 g/mol. The summed E-state index contributed by atoms with van der Waals surface area (Å²) in [5.41, 5.74) is 1.49. The third-order valence-electron chi connectivity index (χ3n) is 2.95. The Labute approximate surface area is 112 Å². The SMILES string of the molecule is CN(CCc1ccccc1)Cc1cc(C(=O)O)co1. The van der Waals surface area contributed by atoms with E-state index in [1.165, 1.54) is 11.8 Å². The first-order chi connectivity index (χ1) is 9.15. The number of rotatable bonds is 6. The fourth-order valence-electron chi connectivity index (χ4n) is 1.89. The Morgan fingerprint density at radius 3 is 2.68 bits per heavy atom. The predicted molar refractivity (Wildman–Crippen MR) is 72.1 cm³/mol. The van der Waals surface area contributed by atoms with Crippen LogP contribution in [0.3, 0.4) is 0 Å². The zero-order valence-electron chi connectivity index (χ0n) is 10.9. The summed E-state index contributed by atoms with van der Waals surface area (Å²) < 4.78 is 5.23. The van der Waals surface area contributed by atoms with Gasteiger partial charge < -0.3 is 9.52 Å². The minimum absolute atomic E-state index is 0.200. The molecule has 0 saturated heterocycles. The van der Waals surface area contributed by atoms with Gasteiger partial charge in [-0.1, -0.05) is 30.3 Å². The van der Waals surface area contributed by atoms with Crippen molar-refractivity contribution in [3.63, 3.8) is 0 Å². The Bertz CT molecular complexity index is 533. The zero-order chi connectivity index (χ0) is 13.7. The molecule has 1 heterocycles. The first-order valence-electron chi connectivity index (χ1n) is 6.18. The van der Waals surface area contributed by atoms with Crippen LogP contribution in [0.2, 0.25) is 0 Å². The van der Waals surface area contributed by atoms with Crippen molar-refractivity contribution in [1.29, 1.82) is 0 Å². The summed E-state index contributed by atoms with van der Waals surface area (Å²) in [6.45, 7) is 1.51. The van der Waals surface area contributed by atoms with Crippen LogP contribution in [0, 0.1) is 0 Å². The molecule has 0 fully saturated rings. The number of hydrogen-bond donors (Lipinski definition) is 1. The van der Waals surface area contributed by atoms with Gasteiger partial charge in [0.25, 0.3) is 0 Å². The first-order valence-corrected chi connectivity index (χ1v) is 6.18. The van der Waals surface area contributed by atoms with Crippen molar-refractivity contribution >= 4 is 5.97 Å². The topological polar surface area (TPSA) is 53.7 Å². The lowest BCUT2D eigenvalue weighted by atomic mass is 10.1. The minimum Gasteiger partial charge on any atom is -0.478 e. The van der Waals surface area contributed by atoms with Gasteiger partial charge in [0.1, 0.15) is 12.0 Å². The molecule has 2 rings (SSSR count). The Kier molecular flexibility index (Phi) is 4.36. The number of nitrogens with zero attached hydrogens (tertiary/aromatic N) is 1. The van der Waals surface area contributed by atoms with Crippen LogP contribution < -0.4 is 0 Å². The van der Waals surface area contributed by atoms with E-state index in [1.807, 2.05) is 25.2 Å². The van der Waals surface area contributed by atoms with E-state index in [0.29, 0.717) is 12.3 Å². The van der Waals surface area contributed by atoms with Gasteiger partial charge in [0.05, 0.1) is 12.1 Å². The molecule has 0 bridgehead atoms. The molecule has 0 radical (unpaired) electrons. The highest BCUT2D eigenvalue weighted by Crippen LogP contribution is 2.10.